The van der Waals surface area contributed by atoms with Crippen LogP contribution in [0.3, 0.4) is 0 Å². The van der Waals surface area contributed by atoms with Crippen LogP contribution in [-0.2, 0) is 12.5 Å². The van der Waals surface area contributed by atoms with Gasteiger partial charge in [-0.25, -0.2) is 23.9 Å². The molecule has 5 aromatic rings. The summed E-state index contributed by atoms with van der Waals surface area (Å²) in [7, 11) is 0. The molecule has 0 saturated carbocycles. The molecule has 37 heavy (non-hydrogen) atoms. The summed E-state index contributed by atoms with van der Waals surface area (Å²) < 4.78 is 74.0. The summed E-state index contributed by atoms with van der Waals surface area (Å²) >= 11 is 0. The lowest BCUT2D eigenvalue weighted by Gasteiger charge is -2.35. The average Bonchev–Trinajstić information content (AvgIpc) is 3.60. The molecule has 0 unspecified atom stereocenters. The fraction of sp³-hybridized carbons (Fsp3) is 0.269. The van der Waals surface area contributed by atoms with Gasteiger partial charge in [0.2, 0.25) is 5.95 Å². The normalized spacial score (nSPS) is 21.6. The summed E-state index contributed by atoms with van der Waals surface area (Å²) in [6.45, 7) is -5.87. The standard InChI is InChI=1S/C26H27FN10/c1-26(28,20-3-5-22(27)6-4-20)21-13-29-25(30-14-21)36-9-7-35(8-10-36)24-23-11-18(16-37(23)33-17-31-24)19-12-32-34(2)15-19/h3-6,11-17H,7-10,28H2,1-2H3/t26-/m1/s1/i2D3,7D2,8D2. The summed E-state index contributed by atoms with van der Waals surface area (Å²) in [4.78, 5) is 15.4. The number of benzene rings is 1. The molecule has 0 radical (unpaired) electrons. The number of hydrogen-bond acceptors (Lipinski definition) is 8. The van der Waals surface area contributed by atoms with E-state index in [4.69, 9.17) is 15.3 Å². The highest BCUT2D eigenvalue weighted by molar-refractivity contribution is 5.77. The van der Waals surface area contributed by atoms with Crippen molar-refractivity contribution >= 4 is 17.3 Å². The van der Waals surface area contributed by atoms with E-state index in [9.17, 15) is 4.39 Å². The van der Waals surface area contributed by atoms with Crippen LogP contribution >= 0.6 is 0 Å². The molecule has 11 heteroatoms. The lowest BCUT2D eigenvalue weighted by molar-refractivity contribution is 0.585. The van der Waals surface area contributed by atoms with E-state index in [2.05, 4.69) is 25.1 Å². The monoisotopic (exact) mass is 505 g/mol. The molecule has 1 aromatic carbocycles. The number of rotatable bonds is 5. The van der Waals surface area contributed by atoms with Gasteiger partial charge < -0.3 is 15.5 Å². The molecule has 4 aromatic heterocycles. The van der Waals surface area contributed by atoms with E-state index in [-0.39, 0.29) is 30.7 Å². The van der Waals surface area contributed by atoms with Crippen molar-refractivity contribution in [2.75, 3.05) is 35.9 Å². The lowest BCUT2D eigenvalue weighted by atomic mass is 9.87. The van der Waals surface area contributed by atoms with E-state index in [1.807, 2.05) is 0 Å². The van der Waals surface area contributed by atoms with Crippen LogP contribution in [-0.4, -0.2) is 60.4 Å². The average molecular weight is 506 g/mol. The Morgan fingerprint density at radius 3 is 2.41 bits per heavy atom. The number of aryl methyl sites for hydroxylation is 1. The van der Waals surface area contributed by atoms with Gasteiger partial charge in [0.15, 0.2) is 5.82 Å². The van der Waals surface area contributed by atoms with Gasteiger partial charge in [-0.2, -0.15) is 10.2 Å². The molecular weight excluding hydrogens is 471 g/mol. The molecule has 0 aliphatic carbocycles. The summed E-state index contributed by atoms with van der Waals surface area (Å²) in [6.07, 6.45) is 8.55. The first-order valence-corrected chi connectivity index (χ1v) is 11.4. The predicted octanol–water partition coefficient (Wildman–Crippen LogP) is 2.61. The van der Waals surface area contributed by atoms with E-state index < -0.39 is 25.5 Å². The van der Waals surface area contributed by atoms with Crippen LogP contribution in [0.2, 0.25) is 0 Å². The predicted molar refractivity (Wildman–Crippen MR) is 139 cm³/mol. The highest BCUT2D eigenvalue weighted by Gasteiger charge is 2.26. The van der Waals surface area contributed by atoms with E-state index in [1.54, 1.807) is 31.3 Å². The molecule has 6 rings (SSSR count). The first-order valence-electron chi connectivity index (χ1n) is 14.9. The minimum absolute atomic E-state index is 0.0126. The zero-order chi connectivity index (χ0) is 31.7. The topological polar surface area (TPSA) is 106 Å². The summed E-state index contributed by atoms with van der Waals surface area (Å²) in [6, 6.07) is 7.41. The Morgan fingerprint density at radius 2 is 1.70 bits per heavy atom. The Bertz CT molecular complexity index is 1800. The minimum atomic E-state index is -2.45. The third kappa shape index (κ3) is 4.27. The lowest BCUT2D eigenvalue weighted by Crippen LogP contribution is -2.47. The second-order valence-corrected chi connectivity index (χ2v) is 8.80. The van der Waals surface area contributed by atoms with Gasteiger partial charge >= 0.3 is 0 Å². The maximum absolute atomic E-state index is 13.4. The van der Waals surface area contributed by atoms with Gasteiger partial charge in [0.05, 0.1) is 17.2 Å². The second kappa shape index (κ2) is 8.93. The SMILES string of the molecule is [2H]C1([2H])CN(c2ncc([C@](C)(N)c3ccc(F)cc3)cn2)CC([2H])([2H])N1c1ncnn2cc(-c3cnn(C([2H])([2H])[2H])c3)cc12. The van der Waals surface area contributed by atoms with Crippen LogP contribution in [0.4, 0.5) is 16.2 Å². The highest BCUT2D eigenvalue weighted by Crippen LogP contribution is 2.29. The van der Waals surface area contributed by atoms with Crippen LogP contribution in [0.15, 0.2) is 67.6 Å². The number of piperazine rings is 1. The van der Waals surface area contributed by atoms with E-state index in [0.29, 0.717) is 27.8 Å². The zero-order valence-corrected chi connectivity index (χ0v) is 19.7. The molecule has 1 fully saturated rings. The molecule has 0 amide bonds. The number of aromatic nitrogens is 7. The van der Waals surface area contributed by atoms with Crippen molar-refractivity contribution in [3.63, 3.8) is 0 Å². The van der Waals surface area contributed by atoms with Crippen LogP contribution in [0.25, 0.3) is 16.6 Å². The Kier molecular flexibility index (Phi) is 3.95. The van der Waals surface area contributed by atoms with Crippen molar-refractivity contribution in [2.45, 2.75) is 12.5 Å². The van der Waals surface area contributed by atoms with Crippen molar-refractivity contribution in [3.8, 4) is 11.1 Å². The van der Waals surface area contributed by atoms with Crippen molar-refractivity contribution in [2.24, 2.45) is 12.7 Å². The Morgan fingerprint density at radius 1 is 0.946 bits per heavy atom. The van der Waals surface area contributed by atoms with Gasteiger partial charge in [-0.15, -0.1) is 0 Å². The highest BCUT2D eigenvalue weighted by atomic mass is 19.1. The van der Waals surface area contributed by atoms with Gasteiger partial charge in [0.1, 0.15) is 17.7 Å². The molecule has 188 valence electrons. The summed E-state index contributed by atoms with van der Waals surface area (Å²) in [5, 5.41) is 8.09. The van der Waals surface area contributed by atoms with Gasteiger partial charge in [-0.05, 0) is 30.7 Å². The molecule has 0 spiro atoms. The smallest absolute Gasteiger partial charge is 0.225 e. The van der Waals surface area contributed by atoms with Crippen molar-refractivity contribution in [1.29, 1.82) is 0 Å². The third-order valence-corrected chi connectivity index (χ3v) is 6.32. The number of fused-ring (bicyclic) bond motifs is 1. The Hall–Kier alpha value is -4.38. The van der Waals surface area contributed by atoms with Crippen LogP contribution in [0.1, 0.15) is 27.6 Å². The Labute approximate surface area is 223 Å². The number of hydrogen-bond donors (Lipinski definition) is 1. The first kappa shape index (κ1) is 16.4. The maximum atomic E-state index is 13.4. The van der Waals surface area contributed by atoms with E-state index >= 15 is 0 Å². The van der Waals surface area contributed by atoms with Crippen molar-refractivity contribution in [1.82, 2.24) is 34.3 Å². The van der Waals surface area contributed by atoms with Crippen LogP contribution in [0, 0.1) is 5.82 Å². The molecule has 2 N–H and O–H groups in total. The number of halogens is 1. The van der Waals surface area contributed by atoms with Gasteiger partial charge in [-0.3, -0.25) is 4.68 Å². The second-order valence-electron chi connectivity index (χ2n) is 8.80. The summed E-state index contributed by atoms with van der Waals surface area (Å²) in [5.74, 6) is -0.263. The Balaban J connectivity index is 1.29. The van der Waals surface area contributed by atoms with Crippen LogP contribution in [0.5, 0.6) is 0 Å². The molecular formula is C26H27FN10. The maximum Gasteiger partial charge on any atom is 0.225 e. The third-order valence-electron chi connectivity index (χ3n) is 6.32. The van der Waals surface area contributed by atoms with Gasteiger partial charge in [0.25, 0.3) is 0 Å². The molecule has 0 bridgehead atoms. The number of nitrogens with zero attached hydrogens (tertiary/aromatic N) is 9. The van der Waals surface area contributed by atoms with Gasteiger partial charge in [-0.1, -0.05) is 12.1 Å². The molecule has 1 atom stereocenters. The largest absolute Gasteiger partial charge is 0.351 e. The summed E-state index contributed by atoms with van der Waals surface area (Å²) in [5.41, 5.74) is 8.02. The van der Waals surface area contributed by atoms with E-state index in [0.717, 1.165) is 9.58 Å². The molecule has 10 nitrogen and oxygen atoms in total. The quantitative estimate of drug-likeness (QED) is 0.389. The number of anilines is 2. The van der Waals surface area contributed by atoms with E-state index in [1.165, 1.54) is 52.7 Å². The van der Waals surface area contributed by atoms with Crippen molar-refractivity contribution in [3.05, 3.63) is 84.6 Å². The number of nitrogens with two attached hydrogens (primary N) is 1. The van der Waals surface area contributed by atoms with Crippen molar-refractivity contribution < 1.29 is 14.0 Å². The molecule has 1 aliphatic heterocycles. The fourth-order valence-corrected chi connectivity index (χ4v) is 4.15. The fourth-order valence-electron chi connectivity index (χ4n) is 4.15. The molecule has 1 saturated heterocycles. The molecule has 5 heterocycles. The zero-order valence-electron chi connectivity index (χ0n) is 26.7. The first-order chi connectivity index (χ1) is 20.6. The molecule has 1 aliphatic rings. The van der Waals surface area contributed by atoms with Crippen LogP contribution < -0.4 is 15.5 Å². The minimum Gasteiger partial charge on any atom is -0.351 e. The van der Waals surface area contributed by atoms with Gasteiger partial charge in [0, 0.05) is 78.6 Å².